The summed E-state index contributed by atoms with van der Waals surface area (Å²) in [5.74, 6) is 0. The Hall–Kier alpha value is -0.940. The first-order chi connectivity index (χ1) is 5.29. The minimum Gasteiger partial charge on any atom is -0.329 e. The molecule has 2 rings (SSSR count). The quantitative estimate of drug-likeness (QED) is 0.616. The lowest BCUT2D eigenvalue weighted by molar-refractivity contribution is 1.09. The highest BCUT2D eigenvalue weighted by atomic mass is 35.5. The maximum atomic E-state index is 5.73. The molecule has 0 unspecified atom stereocenters. The average molecular weight is 187 g/mol. The van der Waals surface area contributed by atoms with Crippen LogP contribution >= 0.6 is 23.8 Å². The summed E-state index contributed by atoms with van der Waals surface area (Å²) in [6, 6.07) is 0. The van der Waals surface area contributed by atoms with E-state index in [1.807, 2.05) is 0 Å². The molecule has 2 aromatic heterocycles. The van der Waals surface area contributed by atoms with E-state index in [1.165, 1.54) is 6.33 Å². The molecule has 0 aromatic carbocycles. The van der Waals surface area contributed by atoms with Gasteiger partial charge in [0.2, 0.25) is 0 Å². The van der Waals surface area contributed by atoms with E-state index in [-0.39, 0.29) is 0 Å². The molecule has 0 fully saturated rings. The van der Waals surface area contributed by atoms with Gasteiger partial charge in [-0.15, -0.1) is 0 Å². The van der Waals surface area contributed by atoms with Crippen molar-refractivity contribution in [3.8, 4) is 0 Å². The molecule has 11 heavy (non-hydrogen) atoms. The molecule has 0 radical (unpaired) electrons. The lowest BCUT2D eigenvalue weighted by Gasteiger charge is -1.85. The van der Waals surface area contributed by atoms with Crippen molar-refractivity contribution < 1.29 is 0 Å². The van der Waals surface area contributed by atoms with Gasteiger partial charge in [-0.05, 0) is 0 Å². The van der Waals surface area contributed by atoms with Crippen LogP contribution in [0.1, 0.15) is 0 Å². The van der Waals surface area contributed by atoms with Gasteiger partial charge in [-0.25, -0.2) is 4.98 Å². The van der Waals surface area contributed by atoms with Crippen LogP contribution in [0.25, 0.3) is 11.0 Å². The Morgan fingerprint density at radius 2 is 2.36 bits per heavy atom. The number of halogens is 1. The first-order valence-corrected chi connectivity index (χ1v) is 3.65. The minimum absolute atomic E-state index is 0.425. The molecule has 4 nitrogen and oxygen atoms in total. The van der Waals surface area contributed by atoms with E-state index in [1.54, 1.807) is 0 Å². The van der Waals surface area contributed by atoms with Crippen molar-refractivity contribution in [1.29, 1.82) is 0 Å². The smallest absolute Gasteiger partial charge is 0.164 e. The van der Waals surface area contributed by atoms with Crippen molar-refractivity contribution in [3.05, 3.63) is 16.1 Å². The largest absolute Gasteiger partial charge is 0.329 e. The fourth-order valence-electron chi connectivity index (χ4n) is 0.837. The number of hydrogen-bond acceptors (Lipinski definition) is 3. The zero-order valence-electron chi connectivity index (χ0n) is 5.26. The summed E-state index contributed by atoms with van der Waals surface area (Å²) < 4.78 is 0.456. The summed E-state index contributed by atoms with van der Waals surface area (Å²) in [5, 5.41) is 7.55. The molecular weight excluding hydrogens is 184 g/mol. The van der Waals surface area contributed by atoms with Gasteiger partial charge in [0, 0.05) is 0 Å². The Kier molecular flexibility index (Phi) is 1.40. The highest BCUT2D eigenvalue weighted by Crippen LogP contribution is 2.17. The molecule has 0 saturated carbocycles. The zero-order valence-corrected chi connectivity index (χ0v) is 6.83. The van der Waals surface area contributed by atoms with Crippen LogP contribution in [0.4, 0.5) is 0 Å². The van der Waals surface area contributed by atoms with E-state index in [0.29, 0.717) is 20.8 Å². The maximum Gasteiger partial charge on any atom is 0.164 e. The first-order valence-electron chi connectivity index (χ1n) is 2.86. The Morgan fingerprint density at radius 1 is 1.55 bits per heavy atom. The summed E-state index contributed by atoms with van der Waals surface area (Å²) >= 11 is 10.7. The molecule has 0 aliphatic carbocycles. The molecule has 0 aliphatic heterocycles. The van der Waals surface area contributed by atoms with Crippen LogP contribution in [0.2, 0.25) is 5.15 Å². The van der Waals surface area contributed by atoms with Gasteiger partial charge in [0.15, 0.2) is 5.65 Å². The molecule has 2 heterocycles. The fraction of sp³-hybridized carbons (Fsp3) is 0. The second-order valence-corrected chi connectivity index (χ2v) is 2.73. The van der Waals surface area contributed by atoms with Crippen LogP contribution in [-0.4, -0.2) is 20.2 Å². The minimum atomic E-state index is 0.425. The van der Waals surface area contributed by atoms with Crippen molar-refractivity contribution in [2.75, 3.05) is 0 Å². The molecule has 0 bridgehead atoms. The highest BCUT2D eigenvalue weighted by Gasteiger charge is 2.03. The number of aromatic amines is 2. The van der Waals surface area contributed by atoms with E-state index >= 15 is 0 Å². The third-order valence-electron chi connectivity index (χ3n) is 1.32. The molecule has 0 spiro atoms. The van der Waals surface area contributed by atoms with Gasteiger partial charge < -0.3 is 4.98 Å². The molecule has 2 aromatic rings. The molecular formula is C5H3ClN4S. The summed E-state index contributed by atoms with van der Waals surface area (Å²) in [6.07, 6.45) is 1.49. The van der Waals surface area contributed by atoms with Crippen molar-refractivity contribution in [1.82, 2.24) is 20.2 Å². The second kappa shape index (κ2) is 2.28. The van der Waals surface area contributed by atoms with Crippen molar-refractivity contribution in [3.63, 3.8) is 0 Å². The predicted molar refractivity (Wildman–Crippen MR) is 44.1 cm³/mol. The zero-order chi connectivity index (χ0) is 7.84. The van der Waals surface area contributed by atoms with Crippen LogP contribution in [0.15, 0.2) is 6.33 Å². The van der Waals surface area contributed by atoms with Gasteiger partial charge in [0.1, 0.15) is 9.79 Å². The number of aromatic nitrogens is 4. The van der Waals surface area contributed by atoms with E-state index in [0.717, 1.165) is 0 Å². The summed E-state index contributed by atoms with van der Waals surface area (Å²) in [4.78, 5) is 6.66. The van der Waals surface area contributed by atoms with E-state index in [9.17, 15) is 0 Å². The lowest BCUT2D eigenvalue weighted by atomic mass is 10.4. The Labute approximate surface area is 71.6 Å². The van der Waals surface area contributed by atoms with Crippen LogP contribution in [0.3, 0.4) is 0 Å². The van der Waals surface area contributed by atoms with Gasteiger partial charge in [-0.2, -0.15) is 5.10 Å². The Morgan fingerprint density at radius 3 is 3.09 bits per heavy atom. The second-order valence-electron chi connectivity index (χ2n) is 1.97. The first kappa shape index (κ1) is 6.75. The molecule has 0 aliphatic rings. The number of rotatable bonds is 0. The third-order valence-corrected chi connectivity index (χ3v) is 1.90. The molecule has 0 saturated heterocycles. The van der Waals surface area contributed by atoms with Gasteiger partial charge >= 0.3 is 0 Å². The molecule has 6 heteroatoms. The third kappa shape index (κ3) is 0.928. The van der Waals surface area contributed by atoms with Crippen LogP contribution in [0, 0.1) is 4.64 Å². The van der Waals surface area contributed by atoms with Gasteiger partial charge in [0.25, 0.3) is 0 Å². The van der Waals surface area contributed by atoms with Gasteiger partial charge in [-0.1, -0.05) is 23.8 Å². The molecule has 56 valence electrons. The average Bonchev–Trinajstić information content (AvgIpc) is 2.34. The van der Waals surface area contributed by atoms with Crippen molar-refractivity contribution in [2.24, 2.45) is 0 Å². The highest BCUT2D eigenvalue weighted by molar-refractivity contribution is 7.71. The summed E-state index contributed by atoms with van der Waals surface area (Å²) in [5.41, 5.74) is 0.634. The Balaban J connectivity index is 3.08. The molecule has 2 N–H and O–H groups in total. The SMILES string of the molecule is S=c1nc[nH]c2n[nH]c(Cl)c12. The molecule has 0 atom stereocenters. The number of hydrogen-bond donors (Lipinski definition) is 2. The normalized spacial score (nSPS) is 10.6. The predicted octanol–water partition coefficient (Wildman–Crippen LogP) is 1.67. The Bertz CT molecular complexity index is 445. The summed E-state index contributed by atoms with van der Waals surface area (Å²) in [6.45, 7) is 0. The van der Waals surface area contributed by atoms with Crippen LogP contribution in [-0.2, 0) is 0 Å². The van der Waals surface area contributed by atoms with Crippen LogP contribution in [0.5, 0.6) is 0 Å². The monoisotopic (exact) mass is 186 g/mol. The van der Waals surface area contributed by atoms with Crippen molar-refractivity contribution in [2.45, 2.75) is 0 Å². The number of nitrogens with one attached hydrogen (secondary N) is 2. The lowest BCUT2D eigenvalue weighted by Crippen LogP contribution is -1.79. The number of H-pyrrole nitrogens is 2. The van der Waals surface area contributed by atoms with E-state index in [2.05, 4.69) is 20.2 Å². The van der Waals surface area contributed by atoms with E-state index < -0.39 is 0 Å². The maximum absolute atomic E-state index is 5.73. The molecule has 0 amide bonds. The van der Waals surface area contributed by atoms with Crippen LogP contribution < -0.4 is 0 Å². The summed E-state index contributed by atoms with van der Waals surface area (Å²) in [7, 11) is 0. The van der Waals surface area contributed by atoms with Crippen molar-refractivity contribution >= 4 is 34.9 Å². The number of fused-ring (bicyclic) bond motifs is 1. The van der Waals surface area contributed by atoms with E-state index in [4.69, 9.17) is 23.8 Å². The topological polar surface area (TPSA) is 57.4 Å². The number of nitrogens with zero attached hydrogens (tertiary/aromatic N) is 2. The van der Waals surface area contributed by atoms with Gasteiger partial charge in [-0.3, -0.25) is 5.10 Å². The standard InChI is InChI=1S/C5H3ClN4S/c6-3-2-4(10-9-3)7-1-8-5(2)11/h1H,(H2,7,8,9,10,11). The van der Waals surface area contributed by atoms with Gasteiger partial charge in [0.05, 0.1) is 11.7 Å². The fourth-order valence-corrected chi connectivity index (χ4v) is 1.37.